The lowest BCUT2D eigenvalue weighted by molar-refractivity contribution is 0.589. The summed E-state index contributed by atoms with van der Waals surface area (Å²) < 4.78 is 28.4. The topological polar surface area (TPSA) is 52.7 Å². The van der Waals surface area contributed by atoms with Crippen molar-refractivity contribution >= 4 is 43.8 Å². The van der Waals surface area contributed by atoms with Gasteiger partial charge in [-0.25, -0.2) is 8.42 Å². The Hall–Kier alpha value is -2.28. The van der Waals surface area contributed by atoms with Crippen molar-refractivity contribution < 1.29 is 8.42 Å². The van der Waals surface area contributed by atoms with Gasteiger partial charge in [0.05, 0.1) is 10.6 Å². The Morgan fingerprint density at radius 2 is 1.66 bits per heavy atom. The Labute approximate surface area is 176 Å². The molecule has 0 unspecified atom stereocenters. The summed E-state index contributed by atoms with van der Waals surface area (Å²) >= 11 is 6.22. The third kappa shape index (κ3) is 3.56. The highest BCUT2D eigenvalue weighted by Gasteiger charge is 2.26. The van der Waals surface area contributed by atoms with E-state index in [1.165, 1.54) is 4.31 Å². The fraction of sp³-hybridized carbons (Fsp3) is 0.273. The van der Waals surface area contributed by atoms with E-state index < -0.39 is 10.0 Å². The van der Waals surface area contributed by atoms with Crippen LogP contribution in [0.4, 0.5) is 11.4 Å². The van der Waals surface area contributed by atoms with E-state index in [9.17, 15) is 8.42 Å². The van der Waals surface area contributed by atoms with Crippen LogP contribution < -0.4 is 14.5 Å². The summed E-state index contributed by atoms with van der Waals surface area (Å²) in [6.07, 6.45) is 0. The molecule has 0 aliphatic carbocycles. The largest absolute Gasteiger partial charge is 0.368 e. The SMILES string of the molecule is Cc1c(Cl)cccc1N(C)S(=O)(=O)c1ccc(N2CCNCC2)c2ccccc12. The fourth-order valence-electron chi connectivity index (χ4n) is 3.88. The van der Waals surface area contributed by atoms with Crippen molar-refractivity contribution in [3.05, 3.63) is 65.2 Å². The molecule has 0 amide bonds. The summed E-state index contributed by atoms with van der Waals surface area (Å²) in [6, 6.07) is 16.7. The molecule has 0 aromatic heterocycles. The number of sulfonamides is 1. The lowest BCUT2D eigenvalue weighted by Gasteiger charge is -2.31. The van der Waals surface area contributed by atoms with Crippen molar-refractivity contribution in [2.75, 3.05) is 42.4 Å². The summed E-state index contributed by atoms with van der Waals surface area (Å²) in [7, 11) is -2.19. The Kier molecular flexibility index (Phi) is 5.42. The number of hydrogen-bond donors (Lipinski definition) is 1. The predicted molar refractivity (Wildman–Crippen MR) is 121 cm³/mol. The van der Waals surface area contributed by atoms with Crippen LogP contribution in [0.15, 0.2) is 59.5 Å². The van der Waals surface area contributed by atoms with E-state index in [4.69, 9.17) is 11.6 Å². The van der Waals surface area contributed by atoms with E-state index in [1.807, 2.05) is 37.3 Å². The standard InChI is InChI=1S/C22H24ClN3O2S/c1-16-19(23)8-5-9-20(16)25(2)29(27,28)22-11-10-21(26-14-12-24-13-15-26)17-6-3-4-7-18(17)22/h3-11,24H,12-15H2,1-2H3. The second-order valence-electron chi connectivity index (χ2n) is 7.22. The number of piperazine rings is 1. The van der Waals surface area contributed by atoms with Crippen molar-refractivity contribution in [3.63, 3.8) is 0 Å². The zero-order valence-corrected chi connectivity index (χ0v) is 18.1. The van der Waals surface area contributed by atoms with Gasteiger partial charge in [0.2, 0.25) is 0 Å². The number of fused-ring (bicyclic) bond motifs is 1. The molecule has 4 rings (SSSR count). The number of halogens is 1. The number of benzene rings is 3. The molecule has 29 heavy (non-hydrogen) atoms. The van der Waals surface area contributed by atoms with Crippen molar-refractivity contribution in [3.8, 4) is 0 Å². The van der Waals surface area contributed by atoms with E-state index in [-0.39, 0.29) is 0 Å². The second kappa shape index (κ2) is 7.86. The first-order valence-electron chi connectivity index (χ1n) is 9.63. The third-order valence-electron chi connectivity index (χ3n) is 5.54. The van der Waals surface area contributed by atoms with Gasteiger partial charge in [-0.15, -0.1) is 0 Å². The van der Waals surface area contributed by atoms with Gasteiger partial charge >= 0.3 is 0 Å². The first-order valence-corrected chi connectivity index (χ1v) is 11.4. The van der Waals surface area contributed by atoms with Gasteiger partial charge in [-0.1, -0.05) is 41.9 Å². The lowest BCUT2D eigenvalue weighted by atomic mass is 10.1. The number of nitrogens with zero attached hydrogens (tertiary/aromatic N) is 2. The van der Waals surface area contributed by atoms with Gasteiger partial charge in [0.15, 0.2) is 0 Å². The molecule has 0 saturated carbocycles. The normalized spacial score (nSPS) is 14.9. The molecular weight excluding hydrogens is 406 g/mol. The molecule has 1 N–H and O–H groups in total. The van der Waals surface area contributed by atoms with E-state index in [0.29, 0.717) is 15.6 Å². The summed E-state index contributed by atoms with van der Waals surface area (Å²) in [4.78, 5) is 2.61. The van der Waals surface area contributed by atoms with Gasteiger partial charge in [-0.2, -0.15) is 0 Å². The van der Waals surface area contributed by atoms with Crippen LogP contribution >= 0.6 is 11.6 Å². The van der Waals surface area contributed by atoms with Crippen LogP contribution in [0.25, 0.3) is 10.8 Å². The Bertz CT molecular complexity index is 1160. The lowest BCUT2D eigenvalue weighted by Crippen LogP contribution is -2.43. The minimum Gasteiger partial charge on any atom is -0.368 e. The maximum absolute atomic E-state index is 13.6. The highest BCUT2D eigenvalue weighted by atomic mass is 35.5. The van der Waals surface area contributed by atoms with Gasteiger partial charge in [-0.3, -0.25) is 4.31 Å². The summed E-state index contributed by atoms with van der Waals surface area (Å²) in [5, 5.41) is 5.58. The minimum atomic E-state index is -3.76. The van der Waals surface area contributed by atoms with Gasteiger partial charge in [0, 0.05) is 54.7 Å². The molecule has 152 valence electrons. The van der Waals surface area contributed by atoms with Crippen LogP contribution in [-0.2, 0) is 10.0 Å². The van der Waals surface area contributed by atoms with Crippen LogP contribution in [0.3, 0.4) is 0 Å². The first-order chi connectivity index (χ1) is 13.9. The maximum Gasteiger partial charge on any atom is 0.264 e. The molecule has 1 saturated heterocycles. The second-order valence-corrected chi connectivity index (χ2v) is 9.57. The van der Waals surface area contributed by atoms with Crippen molar-refractivity contribution in [1.29, 1.82) is 0 Å². The highest BCUT2D eigenvalue weighted by Crippen LogP contribution is 2.35. The quantitative estimate of drug-likeness (QED) is 0.680. The van der Waals surface area contributed by atoms with E-state index in [0.717, 1.165) is 48.2 Å². The molecule has 0 bridgehead atoms. The number of anilines is 2. The third-order valence-corrected chi connectivity index (χ3v) is 7.77. The zero-order chi connectivity index (χ0) is 20.6. The van der Waals surface area contributed by atoms with Crippen molar-refractivity contribution in [2.45, 2.75) is 11.8 Å². The van der Waals surface area contributed by atoms with Crippen LogP contribution in [0, 0.1) is 6.92 Å². The molecular formula is C22H24ClN3O2S. The average molecular weight is 430 g/mol. The van der Waals surface area contributed by atoms with Crippen molar-refractivity contribution in [1.82, 2.24) is 5.32 Å². The van der Waals surface area contributed by atoms with E-state index in [1.54, 1.807) is 31.3 Å². The number of nitrogens with one attached hydrogen (secondary N) is 1. The minimum absolute atomic E-state index is 0.300. The monoisotopic (exact) mass is 429 g/mol. The van der Waals surface area contributed by atoms with Crippen LogP contribution in [0.5, 0.6) is 0 Å². The van der Waals surface area contributed by atoms with Gasteiger partial charge < -0.3 is 10.2 Å². The van der Waals surface area contributed by atoms with E-state index in [2.05, 4.69) is 10.2 Å². The molecule has 0 spiro atoms. The molecule has 5 nitrogen and oxygen atoms in total. The Balaban J connectivity index is 1.84. The van der Waals surface area contributed by atoms with E-state index >= 15 is 0 Å². The summed E-state index contributed by atoms with van der Waals surface area (Å²) in [6.45, 7) is 5.47. The van der Waals surface area contributed by atoms with Gasteiger partial charge in [-0.05, 0) is 36.8 Å². The predicted octanol–water partition coefficient (Wildman–Crippen LogP) is 4.04. The first kappa shape index (κ1) is 20.0. The molecule has 0 radical (unpaired) electrons. The molecule has 3 aromatic carbocycles. The molecule has 1 fully saturated rings. The molecule has 1 aliphatic heterocycles. The number of hydrogen-bond acceptors (Lipinski definition) is 4. The van der Waals surface area contributed by atoms with Gasteiger partial charge in [0.1, 0.15) is 0 Å². The maximum atomic E-state index is 13.6. The molecule has 1 heterocycles. The number of rotatable bonds is 4. The summed E-state index contributed by atoms with van der Waals surface area (Å²) in [5.74, 6) is 0. The highest BCUT2D eigenvalue weighted by molar-refractivity contribution is 7.93. The average Bonchev–Trinajstić information content (AvgIpc) is 2.75. The van der Waals surface area contributed by atoms with Crippen molar-refractivity contribution in [2.24, 2.45) is 0 Å². The molecule has 0 atom stereocenters. The summed E-state index contributed by atoms with van der Waals surface area (Å²) in [5.41, 5.74) is 2.39. The smallest absolute Gasteiger partial charge is 0.264 e. The molecule has 3 aromatic rings. The van der Waals surface area contributed by atoms with Gasteiger partial charge in [0.25, 0.3) is 10.0 Å². The van der Waals surface area contributed by atoms with Crippen LogP contribution in [-0.4, -0.2) is 41.6 Å². The molecule has 1 aliphatic rings. The Morgan fingerprint density at radius 3 is 2.38 bits per heavy atom. The fourth-order valence-corrected chi connectivity index (χ4v) is 5.49. The Morgan fingerprint density at radius 1 is 0.966 bits per heavy atom. The molecule has 7 heteroatoms. The van der Waals surface area contributed by atoms with Crippen LogP contribution in [0.2, 0.25) is 5.02 Å². The zero-order valence-electron chi connectivity index (χ0n) is 16.5. The van der Waals surface area contributed by atoms with Crippen LogP contribution in [0.1, 0.15) is 5.56 Å².